The minimum absolute atomic E-state index is 0.0139. The summed E-state index contributed by atoms with van der Waals surface area (Å²) in [6.45, 7) is 4.25. The maximum Gasteiger partial charge on any atom is 0.258 e. The molecule has 128 valence electrons. The van der Waals surface area contributed by atoms with Gasteiger partial charge in [0.25, 0.3) is 5.91 Å². The van der Waals surface area contributed by atoms with Crippen LogP contribution >= 0.6 is 0 Å². The fourth-order valence-electron chi connectivity index (χ4n) is 2.55. The number of hydrogen-bond donors (Lipinski definition) is 1. The van der Waals surface area contributed by atoms with Crippen LogP contribution in [0.3, 0.4) is 0 Å². The Morgan fingerprint density at radius 2 is 1.62 bits per heavy atom. The number of methoxy groups -OCH3 is 1. The summed E-state index contributed by atoms with van der Waals surface area (Å²) in [7, 11) is 1.58. The Morgan fingerprint density at radius 1 is 1.00 bits per heavy atom. The average molecular weight is 327 g/mol. The quantitative estimate of drug-likeness (QED) is 0.798. The Hall–Kier alpha value is -2.49. The molecule has 1 amide bonds. The van der Waals surface area contributed by atoms with Crippen LogP contribution in [0.1, 0.15) is 31.9 Å². The lowest BCUT2D eigenvalue weighted by Gasteiger charge is -2.21. The van der Waals surface area contributed by atoms with Crippen molar-refractivity contribution in [2.45, 2.75) is 26.3 Å². The van der Waals surface area contributed by atoms with Crippen LogP contribution in [0.15, 0.2) is 54.6 Å². The van der Waals surface area contributed by atoms with Gasteiger partial charge in [-0.25, -0.2) is 0 Å². The molecule has 0 heterocycles. The van der Waals surface area contributed by atoms with E-state index in [-0.39, 0.29) is 18.6 Å². The molecule has 0 fully saturated rings. The van der Waals surface area contributed by atoms with Crippen LogP contribution in [0.2, 0.25) is 0 Å². The number of carbonyl (C=O) groups is 1. The van der Waals surface area contributed by atoms with Crippen molar-refractivity contribution in [3.63, 3.8) is 0 Å². The average Bonchev–Trinajstić information content (AvgIpc) is 2.60. The highest BCUT2D eigenvalue weighted by molar-refractivity contribution is 5.78. The van der Waals surface area contributed by atoms with E-state index in [9.17, 15) is 4.79 Å². The van der Waals surface area contributed by atoms with E-state index in [1.807, 2.05) is 42.5 Å². The second-order valence-corrected chi connectivity index (χ2v) is 6.10. The molecule has 4 nitrogen and oxygen atoms in total. The summed E-state index contributed by atoms with van der Waals surface area (Å²) in [5, 5.41) is 3.07. The number of benzene rings is 2. The molecule has 0 spiro atoms. The molecule has 1 N–H and O–H groups in total. The molecule has 0 unspecified atom stereocenters. The molecule has 2 aromatic rings. The number of ether oxygens (including phenoxy) is 2. The van der Waals surface area contributed by atoms with Gasteiger partial charge in [-0.2, -0.15) is 0 Å². The molecule has 0 radical (unpaired) electrons. The van der Waals surface area contributed by atoms with Gasteiger partial charge in [0, 0.05) is 0 Å². The van der Waals surface area contributed by atoms with Gasteiger partial charge in [-0.05, 0) is 30.0 Å². The number of amides is 1. The lowest BCUT2D eigenvalue weighted by atomic mass is 9.97. The molecule has 0 saturated carbocycles. The van der Waals surface area contributed by atoms with Gasteiger partial charge < -0.3 is 14.8 Å². The maximum atomic E-state index is 12.3. The summed E-state index contributed by atoms with van der Waals surface area (Å²) in [6.07, 6.45) is 0.879. The predicted octanol–water partition coefficient (Wildman–Crippen LogP) is 3.98. The van der Waals surface area contributed by atoms with Crippen molar-refractivity contribution in [3.8, 4) is 11.5 Å². The first-order chi connectivity index (χ1) is 11.6. The standard InChI is InChI=1S/C20H25NO3/c1-15(2)13-17(16-9-5-4-6-10-16)21-20(22)14-24-19-12-8-7-11-18(19)23-3/h4-12,15,17H,13-14H2,1-3H3,(H,21,22)/t17-/m0/s1. The summed E-state index contributed by atoms with van der Waals surface area (Å²) < 4.78 is 10.8. The molecule has 24 heavy (non-hydrogen) atoms. The van der Waals surface area contributed by atoms with E-state index in [0.717, 1.165) is 12.0 Å². The Kier molecular flexibility index (Phi) is 6.67. The highest BCUT2D eigenvalue weighted by Gasteiger charge is 2.16. The van der Waals surface area contributed by atoms with E-state index in [0.29, 0.717) is 17.4 Å². The van der Waals surface area contributed by atoms with E-state index in [4.69, 9.17) is 9.47 Å². The third-order valence-electron chi connectivity index (χ3n) is 3.67. The SMILES string of the molecule is COc1ccccc1OCC(=O)N[C@@H](CC(C)C)c1ccccc1. The second-order valence-electron chi connectivity index (χ2n) is 6.10. The number of hydrogen-bond acceptors (Lipinski definition) is 3. The van der Waals surface area contributed by atoms with E-state index < -0.39 is 0 Å². The first kappa shape index (κ1) is 17.9. The van der Waals surface area contributed by atoms with Gasteiger partial charge in [-0.1, -0.05) is 56.3 Å². The van der Waals surface area contributed by atoms with Crippen molar-refractivity contribution in [3.05, 3.63) is 60.2 Å². The second kappa shape index (κ2) is 8.96. The van der Waals surface area contributed by atoms with Crippen LogP contribution in [-0.4, -0.2) is 19.6 Å². The molecule has 0 saturated heterocycles. The van der Waals surface area contributed by atoms with E-state index in [1.54, 1.807) is 19.2 Å². The summed E-state index contributed by atoms with van der Waals surface area (Å²) in [6, 6.07) is 17.3. The lowest BCUT2D eigenvalue weighted by molar-refractivity contribution is -0.124. The fourth-order valence-corrected chi connectivity index (χ4v) is 2.55. The van der Waals surface area contributed by atoms with E-state index >= 15 is 0 Å². The van der Waals surface area contributed by atoms with Crippen LogP contribution in [0.5, 0.6) is 11.5 Å². The van der Waals surface area contributed by atoms with Crippen LogP contribution < -0.4 is 14.8 Å². The molecule has 0 aliphatic carbocycles. The van der Waals surface area contributed by atoms with Crippen molar-refractivity contribution in [1.82, 2.24) is 5.32 Å². The molecular weight excluding hydrogens is 302 g/mol. The first-order valence-electron chi connectivity index (χ1n) is 8.20. The summed E-state index contributed by atoms with van der Waals surface area (Å²) >= 11 is 0. The normalized spacial score (nSPS) is 11.8. The highest BCUT2D eigenvalue weighted by atomic mass is 16.5. The zero-order valence-corrected chi connectivity index (χ0v) is 14.5. The monoisotopic (exact) mass is 327 g/mol. The summed E-state index contributed by atoms with van der Waals surface area (Å²) in [5.41, 5.74) is 1.11. The van der Waals surface area contributed by atoms with Crippen molar-refractivity contribution in [2.24, 2.45) is 5.92 Å². The Balaban J connectivity index is 1.97. The first-order valence-corrected chi connectivity index (χ1v) is 8.20. The minimum Gasteiger partial charge on any atom is -0.493 e. The molecule has 0 aromatic heterocycles. The molecule has 2 aromatic carbocycles. The van der Waals surface area contributed by atoms with Crippen molar-refractivity contribution < 1.29 is 14.3 Å². The Bertz CT molecular complexity index is 640. The number of carbonyl (C=O) groups excluding carboxylic acids is 1. The molecule has 0 aliphatic rings. The van der Waals surface area contributed by atoms with Crippen LogP contribution in [0, 0.1) is 5.92 Å². The molecular formula is C20H25NO3. The minimum atomic E-state index is -0.143. The topological polar surface area (TPSA) is 47.6 Å². The molecule has 2 rings (SSSR count). The summed E-state index contributed by atoms with van der Waals surface area (Å²) in [5.74, 6) is 1.52. The van der Waals surface area contributed by atoms with Gasteiger partial charge in [0.05, 0.1) is 13.2 Å². The summed E-state index contributed by atoms with van der Waals surface area (Å²) in [4.78, 5) is 12.3. The largest absolute Gasteiger partial charge is 0.493 e. The van der Waals surface area contributed by atoms with Gasteiger partial charge in [-0.15, -0.1) is 0 Å². The molecule has 0 aliphatic heterocycles. The zero-order chi connectivity index (χ0) is 17.4. The van der Waals surface area contributed by atoms with E-state index in [2.05, 4.69) is 19.2 Å². The third-order valence-corrected chi connectivity index (χ3v) is 3.67. The van der Waals surface area contributed by atoms with Crippen LogP contribution in [0.4, 0.5) is 0 Å². The van der Waals surface area contributed by atoms with Crippen molar-refractivity contribution in [1.29, 1.82) is 0 Å². The zero-order valence-electron chi connectivity index (χ0n) is 14.5. The Labute approximate surface area is 143 Å². The van der Waals surface area contributed by atoms with Crippen LogP contribution in [0.25, 0.3) is 0 Å². The molecule has 1 atom stereocenters. The Morgan fingerprint density at radius 3 is 2.25 bits per heavy atom. The van der Waals surface area contributed by atoms with Crippen molar-refractivity contribution >= 4 is 5.91 Å². The smallest absolute Gasteiger partial charge is 0.258 e. The lowest BCUT2D eigenvalue weighted by Crippen LogP contribution is -2.33. The van der Waals surface area contributed by atoms with Crippen LogP contribution in [-0.2, 0) is 4.79 Å². The van der Waals surface area contributed by atoms with Gasteiger partial charge >= 0.3 is 0 Å². The fraction of sp³-hybridized carbons (Fsp3) is 0.350. The van der Waals surface area contributed by atoms with Gasteiger partial charge in [0.1, 0.15) is 0 Å². The van der Waals surface area contributed by atoms with Gasteiger partial charge in [0.15, 0.2) is 18.1 Å². The highest BCUT2D eigenvalue weighted by Crippen LogP contribution is 2.26. The maximum absolute atomic E-state index is 12.3. The molecule has 4 heteroatoms. The number of nitrogens with one attached hydrogen (secondary N) is 1. The van der Waals surface area contributed by atoms with E-state index in [1.165, 1.54) is 0 Å². The predicted molar refractivity (Wildman–Crippen MR) is 95.3 cm³/mol. The number of rotatable bonds is 8. The molecule has 0 bridgehead atoms. The van der Waals surface area contributed by atoms with Gasteiger partial charge in [-0.3, -0.25) is 4.79 Å². The number of para-hydroxylation sites is 2. The van der Waals surface area contributed by atoms with Crippen molar-refractivity contribution in [2.75, 3.05) is 13.7 Å². The third kappa shape index (κ3) is 5.30. The van der Waals surface area contributed by atoms with Gasteiger partial charge in [0.2, 0.25) is 0 Å².